The molecule has 0 heterocycles. The van der Waals surface area contributed by atoms with Crippen molar-refractivity contribution < 1.29 is 13.9 Å². The maximum atomic E-state index is 13.8. The average Bonchev–Trinajstić information content (AvgIpc) is 2.35. The fraction of sp³-hybridized carbons (Fsp3) is 0.714. The van der Waals surface area contributed by atoms with Crippen molar-refractivity contribution >= 4 is 0 Å². The van der Waals surface area contributed by atoms with Gasteiger partial charge in [0.15, 0.2) is 0 Å². The quantitative estimate of drug-likeness (QED) is 0.345. The number of ether oxygens (including phenoxy) is 2. The Hall–Kier alpha value is -0.910. The largest absolute Gasteiger partial charge is 0.491 e. The van der Waals surface area contributed by atoms with Gasteiger partial charge in [0.1, 0.15) is 18.2 Å². The summed E-state index contributed by atoms with van der Waals surface area (Å²) in [4.78, 5) is 4.01. The highest BCUT2D eigenvalue weighted by Gasteiger charge is 2.04. The van der Waals surface area contributed by atoms with Crippen LogP contribution in [0.5, 0.6) is 0 Å². The molecule has 5 heteroatoms. The van der Waals surface area contributed by atoms with Crippen LogP contribution in [0.2, 0.25) is 0 Å². The first-order chi connectivity index (χ1) is 8.99. The SMILES string of the molecule is C/C=C(\C=C(\F)CN(C)CCN(C)C)OCCOC. The highest BCUT2D eigenvalue weighted by atomic mass is 19.1. The Morgan fingerprint density at radius 1 is 1.16 bits per heavy atom. The number of nitrogens with zero attached hydrogens (tertiary/aromatic N) is 2. The first-order valence-corrected chi connectivity index (χ1v) is 6.47. The maximum absolute atomic E-state index is 13.8. The Bertz CT molecular complexity index is 291. The molecule has 0 saturated heterocycles. The molecule has 0 spiro atoms. The summed E-state index contributed by atoms with van der Waals surface area (Å²) in [5.41, 5.74) is 0. The van der Waals surface area contributed by atoms with Gasteiger partial charge >= 0.3 is 0 Å². The number of allylic oxidation sites excluding steroid dienone is 2. The highest BCUT2D eigenvalue weighted by Crippen LogP contribution is 2.07. The zero-order valence-electron chi connectivity index (χ0n) is 12.8. The fourth-order valence-corrected chi connectivity index (χ4v) is 1.36. The third-order valence-electron chi connectivity index (χ3n) is 2.49. The predicted octanol–water partition coefficient (Wildman–Crippen LogP) is 1.90. The van der Waals surface area contributed by atoms with E-state index in [0.717, 1.165) is 13.1 Å². The molecule has 0 bridgehead atoms. The molecule has 0 aliphatic carbocycles. The molecular formula is C14H27FN2O2. The van der Waals surface area contributed by atoms with Gasteiger partial charge in [0, 0.05) is 26.3 Å². The molecule has 0 unspecified atom stereocenters. The smallest absolute Gasteiger partial charge is 0.118 e. The van der Waals surface area contributed by atoms with Crippen molar-refractivity contribution in [2.24, 2.45) is 0 Å². The first-order valence-electron chi connectivity index (χ1n) is 6.47. The molecule has 0 fully saturated rings. The molecule has 0 aliphatic heterocycles. The molecule has 0 atom stereocenters. The minimum atomic E-state index is -0.202. The van der Waals surface area contributed by atoms with E-state index in [9.17, 15) is 4.39 Å². The number of halogens is 1. The van der Waals surface area contributed by atoms with Crippen LogP contribution < -0.4 is 0 Å². The van der Waals surface area contributed by atoms with E-state index in [0.29, 0.717) is 25.5 Å². The molecule has 112 valence electrons. The van der Waals surface area contributed by atoms with Crippen LogP contribution >= 0.6 is 0 Å². The van der Waals surface area contributed by atoms with E-state index in [1.54, 1.807) is 13.2 Å². The second-order valence-corrected chi connectivity index (χ2v) is 4.66. The zero-order chi connectivity index (χ0) is 14.7. The lowest BCUT2D eigenvalue weighted by Gasteiger charge is -2.18. The van der Waals surface area contributed by atoms with E-state index in [1.165, 1.54) is 6.08 Å². The van der Waals surface area contributed by atoms with Crippen molar-refractivity contribution in [2.75, 3.05) is 61.1 Å². The van der Waals surface area contributed by atoms with Gasteiger partial charge in [0.05, 0.1) is 13.2 Å². The van der Waals surface area contributed by atoms with Gasteiger partial charge in [-0.15, -0.1) is 0 Å². The molecule has 0 N–H and O–H groups in total. The van der Waals surface area contributed by atoms with Gasteiger partial charge in [-0.25, -0.2) is 4.39 Å². The third-order valence-corrected chi connectivity index (χ3v) is 2.49. The van der Waals surface area contributed by atoms with Crippen LogP contribution in [0.15, 0.2) is 23.7 Å². The summed E-state index contributed by atoms with van der Waals surface area (Å²) >= 11 is 0. The molecule has 0 saturated carbocycles. The number of hydrogen-bond donors (Lipinski definition) is 0. The van der Waals surface area contributed by atoms with Crippen LogP contribution in [0.1, 0.15) is 6.92 Å². The molecular weight excluding hydrogens is 247 g/mol. The van der Waals surface area contributed by atoms with Gasteiger partial charge in [-0.2, -0.15) is 0 Å². The van der Waals surface area contributed by atoms with Crippen LogP contribution in [-0.2, 0) is 9.47 Å². The van der Waals surface area contributed by atoms with Crippen LogP contribution in [0.4, 0.5) is 4.39 Å². The second kappa shape index (κ2) is 11.0. The predicted molar refractivity (Wildman–Crippen MR) is 76.8 cm³/mol. The van der Waals surface area contributed by atoms with E-state index < -0.39 is 0 Å². The van der Waals surface area contributed by atoms with E-state index in [4.69, 9.17) is 9.47 Å². The maximum Gasteiger partial charge on any atom is 0.118 e. The Kier molecular flexibility index (Phi) is 10.4. The Morgan fingerprint density at radius 3 is 2.37 bits per heavy atom. The minimum absolute atomic E-state index is 0.202. The summed E-state index contributed by atoms with van der Waals surface area (Å²) < 4.78 is 24.0. The molecule has 0 aromatic carbocycles. The summed E-state index contributed by atoms with van der Waals surface area (Å²) in [6, 6.07) is 0. The van der Waals surface area contributed by atoms with Gasteiger partial charge in [0.2, 0.25) is 0 Å². The van der Waals surface area contributed by atoms with Crippen LogP contribution in [0.3, 0.4) is 0 Å². The van der Waals surface area contributed by atoms with Gasteiger partial charge in [-0.1, -0.05) is 0 Å². The number of likely N-dealkylation sites (N-methyl/N-ethyl adjacent to an activating group) is 2. The summed E-state index contributed by atoms with van der Waals surface area (Å²) in [6.07, 6.45) is 3.18. The standard InChI is InChI=1S/C14H27FN2O2/c1-6-14(19-10-9-18-5)11-13(15)12-17(4)8-7-16(2)3/h6,11H,7-10,12H2,1-5H3/b13-11+,14-6+. The van der Waals surface area contributed by atoms with Gasteiger partial charge in [-0.3, -0.25) is 4.90 Å². The minimum Gasteiger partial charge on any atom is -0.491 e. The number of hydrogen-bond acceptors (Lipinski definition) is 4. The summed E-state index contributed by atoms with van der Waals surface area (Å²) in [5.74, 6) is 0.335. The van der Waals surface area contributed by atoms with Gasteiger partial charge < -0.3 is 14.4 Å². The van der Waals surface area contributed by atoms with Crippen molar-refractivity contribution in [1.29, 1.82) is 0 Å². The third kappa shape index (κ3) is 10.7. The number of rotatable bonds is 10. The second-order valence-electron chi connectivity index (χ2n) is 4.66. The van der Waals surface area contributed by atoms with Crippen LogP contribution in [0.25, 0.3) is 0 Å². The Balaban J connectivity index is 4.14. The summed E-state index contributed by atoms with van der Waals surface area (Å²) in [7, 11) is 7.51. The molecule has 0 aliphatic rings. The van der Waals surface area contributed by atoms with Crippen molar-refractivity contribution in [3.05, 3.63) is 23.7 Å². The Morgan fingerprint density at radius 2 is 1.84 bits per heavy atom. The lowest BCUT2D eigenvalue weighted by Crippen LogP contribution is -2.29. The average molecular weight is 274 g/mol. The van der Waals surface area contributed by atoms with Crippen LogP contribution in [0, 0.1) is 0 Å². The van der Waals surface area contributed by atoms with Gasteiger partial charge in [-0.05, 0) is 34.1 Å². The molecule has 0 rings (SSSR count). The molecule has 0 aromatic rings. The number of methoxy groups -OCH3 is 1. The zero-order valence-corrected chi connectivity index (χ0v) is 12.8. The molecule has 4 nitrogen and oxygen atoms in total. The van der Waals surface area contributed by atoms with Gasteiger partial charge in [0.25, 0.3) is 0 Å². The highest BCUT2D eigenvalue weighted by molar-refractivity contribution is 5.15. The van der Waals surface area contributed by atoms with Crippen LogP contribution in [-0.4, -0.2) is 70.9 Å². The van der Waals surface area contributed by atoms with Crippen molar-refractivity contribution in [3.8, 4) is 0 Å². The summed E-state index contributed by atoms with van der Waals surface area (Å²) in [5, 5.41) is 0. The topological polar surface area (TPSA) is 24.9 Å². The lowest BCUT2D eigenvalue weighted by atomic mass is 10.3. The molecule has 0 amide bonds. The summed E-state index contributed by atoms with van der Waals surface area (Å²) in [6.45, 7) is 4.76. The lowest BCUT2D eigenvalue weighted by molar-refractivity contribution is 0.114. The monoisotopic (exact) mass is 274 g/mol. The van der Waals surface area contributed by atoms with Crippen molar-refractivity contribution in [3.63, 3.8) is 0 Å². The molecule has 0 radical (unpaired) electrons. The van der Waals surface area contributed by atoms with E-state index in [-0.39, 0.29) is 5.83 Å². The van der Waals surface area contributed by atoms with Crippen molar-refractivity contribution in [2.45, 2.75) is 6.92 Å². The van der Waals surface area contributed by atoms with E-state index in [1.807, 2.05) is 33.0 Å². The van der Waals surface area contributed by atoms with E-state index in [2.05, 4.69) is 4.90 Å². The fourth-order valence-electron chi connectivity index (χ4n) is 1.36. The first kappa shape index (κ1) is 18.1. The Labute approximate surface area is 116 Å². The molecule has 19 heavy (non-hydrogen) atoms. The van der Waals surface area contributed by atoms with E-state index >= 15 is 0 Å². The normalized spacial score (nSPS) is 13.5. The van der Waals surface area contributed by atoms with Crippen molar-refractivity contribution in [1.82, 2.24) is 9.80 Å². The molecule has 0 aromatic heterocycles.